The van der Waals surface area contributed by atoms with Gasteiger partial charge in [-0.05, 0) is 49.2 Å². The molecule has 0 aliphatic carbocycles. The van der Waals surface area contributed by atoms with Gasteiger partial charge in [0, 0.05) is 12.7 Å². The summed E-state index contributed by atoms with van der Waals surface area (Å²) in [5.74, 6) is -1.10. The third-order valence-electron chi connectivity index (χ3n) is 5.76. The van der Waals surface area contributed by atoms with Gasteiger partial charge in [-0.2, -0.15) is 4.72 Å². The minimum absolute atomic E-state index is 0.0403. The Hall–Kier alpha value is -3.75. The summed E-state index contributed by atoms with van der Waals surface area (Å²) in [4.78, 5) is 27.4. The second-order valence-corrected chi connectivity index (χ2v) is 9.89. The Kier molecular flexibility index (Phi) is 6.37. The first-order valence-electron chi connectivity index (χ1n) is 10.7. The second kappa shape index (κ2) is 9.24. The molecule has 1 aliphatic heterocycles. The van der Waals surface area contributed by atoms with Gasteiger partial charge in [0.05, 0.1) is 16.5 Å². The molecular formula is C26H25N3O4S. The molecule has 0 saturated carbocycles. The van der Waals surface area contributed by atoms with E-state index in [0.717, 1.165) is 16.0 Å². The summed E-state index contributed by atoms with van der Waals surface area (Å²) in [6, 6.07) is 21.5. The molecule has 3 aromatic rings. The predicted octanol–water partition coefficient (Wildman–Crippen LogP) is 3.69. The van der Waals surface area contributed by atoms with Crippen LogP contribution in [-0.4, -0.2) is 32.2 Å². The number of amides is 2. The number of hydrogen-bond donors (Lipinski definition) is 2. The first-order valence-corrected chi connectivity index (χ1v) is 12.2. The van der Waals surface area contributed by atoms with Crippen LogP contribution in [0.4, 0.5) is 5.69 Å². The molecule has 0 saturated heterocycles. The minimum Gasteiger partial charge on any atom is -0.351 e. The lowest BCUT2D eigenvalue weighted by Crippen LogP contribution is -2.34. The van der Waals surface area contributed by atoms with Crippen molar-refractivity contribution in [2.45, 2.75) is 24.8 Å². The number of sulfonamides is 1. The molecule has 174 valence electrons. The number of aryl methyl sites for hydroxylation is 2. The van der Waals surface area contributed by atoms with Gasteiger partial charge >= 0.3 is 0 Å². The maximum atomic E-state index is 13.4. The molecule has 1 atom stereocenters. The predicted molar refractivity (Wildman–Crippen MR) is 130 cm³/mol. The minimum atomic E-state index is -4.03. The summed E-state index contributed by atoms with van der Waals surface area (Å²) in [6.45, 7) is 3.70. The van der Waals surface area contributed by atoms with Gasteiger partial charge in [-0.25, -0.2) is 8.42 Å². The summed E-state index contributed by atoms with van der Waals surface area (Å²) in [5.41, 5.74) is 2.97. The van der Waals surface area contributed by atoms with E-state index in [0.29, 0.717) is 11.3 Å². The summed E-state index contributed by atoms with van der Waals surface area (Å²) >= 11 is 0. The molecule has 3 aromatic carbocycles. The molecular weight excluding hydrogens is 450 g/mol. The van der Waals surface area contributed by atoms with E-state index in [4.69, 9.17) is 0 Å². The normalized spacial score (nSPS) is 15.1. The van der Waals surface area contributed by atoms with Crippen molar-refractivity contribution in [3.8, 4) is 0 Å². The lowest BCUT2D eigenvalue weighted by Gasteiger charge is -2.23. The molecule has 1 heterocycles. The number of carbonyl (C=O) groups excluding carboxylic acids is 2. The Labute approximate surface area is 199 Å². The van der Waals surface area contributed by atoms with Gasteiger partial charge in [-0.15, -0.1) is 0 Å². The van der Waals surface area contributed by atoms with Crippen LogP contribution in [0.1, 0.15) is 22.7 Å². The Balaban J connectivity index is 1.88. The SMILES string of the molecule is Cc1ccc(S(=O)(=O)NC(C2=C(Nc3ccccc3)C(=O)N(C)C2=O)c2ccccc2C)cc1. The van der Waals surface area contributed by atoms with Gasteiger partial charge in [0.15, 0.2) is 0 Å². The molecule has 0 radical (unpaired) electrons. The first kappa shape index (κ1) is 23.4. The molecule has 2 N–H and O–H groups in total. The fourth-order valence-corrected chi connectivity index (χ4v) is 5.03. The number of nitrogens with one attached hydrogen (secondary N) is 2. The van der Waals surface area contributed by atoms with Gasteiger partial charge in [-0.1, -0.05) is 60.2 Å². The van der Waals surface area contributed by atoms with Gasteiger partial charge in [0.2, 0.25) is 10.0 Å². The molecule has 0 fully saturated rings. The van der Waals surface area contributed by atoms with Gasteiger partial charge in [0.25, 0.3) is 11.8 Å². The summed E-state index contributed by atoms with van der Waals surface area (Å²) in [6.07, 6.45) is 0. The smallest absolute Gasteiger partial charge is 0.277 e. The van der Waals surface area contributed by atoms with Crippen molar-refractivity contribution in [1.29, 1.82) is 0 Å². The summed E-state index contributed by atoms with van der Waals surface area (Å²) in [7, 11) is -2.64. The van der Waals surface area contributed by atoms with Crippen LogP contribution < -0.4 is 10.0 Å². The number of likely N-dealkylation sites (N-methyl/N-ethyl adjacent to an activating group) is 1. The molecule has 2 amide bonds. The molecule has 4 rings (SSSR count). The fourth-order valence-electron chi connectivity index (χ4n) is 3.85. The van der Waals surface area contributed by atoms with Crippen LogP contribution >= 0.6 is 0 Å². The monoisotopic (exact) mass is 475 g/mol. The summed E-state index contributed by atoms with van der Waals surface area (Å²) < 4.78 is 29.4. The zero-order valence-corrected chi connectivity index (χ0v) is 19.9. The molecule has 34 heavy (non-hydrogen) atoms. The van der Waals surface area contributed by atoms with E-state index in [2.05, 4.69) is 10.0 Å². The highest BCUT2D eigenvalue weighted by atomic mass is 32.2. The van der Waals surface area contributed by atoms with Crippen LogP contribution in [0.25, 0.3) is 0 Å². The van der Waals surface area contributed by atoms with Crippen molar-refractivity contribution >= 4 is 27.5 Å². The lowest BCUT2D eigenvalue weighted by molar-refractivity contribution is -0.136. The molecule has 0 bridgehead atoms. The fraction of sp³-hybridized carbons (Fsp3) is 0.154. The number of hydrogen-bond acceptors (Lipinski definition) is 5. The van der Waals surface area contributed by atoms with E-state index in [9.17, 15) is 18.0 Å². The molecule has 0 spiro atoms. The van der Waals surface area contributed by atoms with Gasteiger partial charge in [-0.3, -0.25) is 14.5 Å². The number of benzene rings is 3. The third kappa shape index (κ3) is 4.50. The Bertz CT molecular complexity index is 1380. The van der Waals surface area contributed by atoms with Crippen molar-refractivity contribution in [2.24, 2.45) is 0 Å². The number of para-hydroxylation sites is 1. The lowest BCUT2D eigenvalue weighted by atomic mass is 9.94. The van der Waals surface area contributed by atoms with E-state index in [1.807, 2.05) is 32.0 Å². The number of anilines is 1. The maximum Gasteiger partial charge on any atom is 0.277 e. The second-order valence-electron chi connectivity index (χ2n) is 8.17. The van der Waals surface area contributed by atoms with Crippen molar-refractivity contribution in [3.05, 3.63) is 107 Å². The van der Waals surface area contributed by atoms with Gasteiger partial charge < -0.3 is 5.32 Å². The number of rotatable bonds is 7. The Morgan fingerprint density at radius 2 is 1.41 bits per heavy atom. The number of carbonyl (C=O) groups is 2. The van der Waals surface area contributed by atoms with E-state index < -0.39 is 27.9 Å². The topological polar surface area (TPSA) is 95.6 Å². The van der Waals surface area contributed by atoms with Crippen molar-refractivity contribution in [1.82, 2.24) is 9.62 Å². The Morgan fingerprint density at radius 3 is 2.06 bits per heavy atom. The van der Waals surface area contributed by atoms with Gasteiger partial charge in [0.1, 0.15) is 5.70 Å². The van der Waals surface area contributed by atoms with Crippen LogP contribution in [0.15, 0.2) is 95.0 Å². The van der Waals surface area contributed by atoms with Crippen LogP contribution in [0.5, 0.6) is 0 Å². The van der Waals surface area contributed by atoms with Crippen molar-refractivity contribution in [3.63, 3.8) is 0 Å². The molecule has 8 heteroatoms. The van der Waals surface area contributed by atoms with E-state index >= 15 is 0 Å². The highest BCUT2D eigenvalue weighted by Crippen LogP contribution is 2.34. The highest BCUT2D eigenvalue weighted by molar-refractivity contribution is 7.89. The zero-order valence-electron chi connectivity index (χ0n) is 19.1. The van der Waals surface area contributed by atoms with Crippen LogP contribution in [0.2, 0.25) is 0 Å². The van der Waals surface area contributed by atoms with Crippen molar-refractivity contribution in [2.75, 3.05) is 12.4 Å². The zero-order chi connectivity index (χ0) is 24.5. The largest absolute Gasteiger partial charge is 0.351 e. The highest BCUT2D eigenvalue weighted by Gasteiger charge is 2.42. The Morgan fingerprint density at radius 1 is 0.794 bits per heavy atom. The molecule has 1 aliphatic rings. The maximum absolute atomic E-state index is 13.4. The molecule has 0 aromatic heterocycles. The standard InChI is InChI=1S/C26H25N3O4S/c1-17-13-15-20(16-14-17)34(32,33)28-23(21-12-8-7-9-18(21)2)22-24(26(31)29(3)25(22)30)27-19-10-5-4-6-11-19/h4-16,23,27-28H,1-3H3. The number of imide groups is 1. The third-order valence-corrected chi connectivity index (χ3v) is 7.20. The van der Waals surface area contributed by atoms with Crippen LogP contribution in [0.3, 0.4) is 0 Å². The quantitative estimate of drug-likeness (QED) is 0.508. The molecule has 1 unspecified atom stereocenters. The van der Waals surface area contributed by atoms with E-state index in [-0.39, 0.29) is 16.2 Å². The van der Waals surface area contributed by atoms with Crippen LogP contribution in [-0.2, 0) is 19.6 Å². The average Bonchev–Trinajstić information content (AvgIpc) is 3.02. The van der Waals surface area contributed by atoms with E-state index in [1.54, 1.807) is 48.5 Å². The van der Waals surface area contributed by atoms with E-state index in [1.165, 1.54) is 19.2 Å². The van der Waals surface area contributed by atoms with Crippen LogP contribution in [0, 0.1) is 13.8 Å². The van der Waals surface area contributed by atoms with Crippen molar-refractivity contribution < 1.29 is 18.0 Å². The number of nitrogens with zero attached hydrogens (tertiary/aromatic N) is 1. The molecule has 7 nitrogen and oxygen atoms in total. The summed E-state index contributed by atoms with van der Waals surface area (Å²) in [5, 5.41) is 3.04. The average molecular weight is 476 g/mol. The first-order chi connectivity index (χ1) is 16.2.